The van der Waals surface area contributed by atoms with Gasteiger partial charge in [0.1, 0.15) is 0 Å². The van der Waals surface area contributed by atoms with Gasteiger partial charge in [0.05, 0.1) is 5.25 Å². The third-order valence-corrected chi connectivity index (χ3v) is 4.59. The van der Waals surface area contributed by atoms with E-state index in [1.165, 1.54) is 28.7 Å². The molecule has 0 aliphatic rings. The van der Waals surface area contributed by atoms with Crippen molar-refractivity contribution >= 4 is 34.1 Å². The highest BCUT2D eigenvalue weighted by Gasteiger charge is 2.16. The van der Waals surface area contributed by atoms with E-state index in [-0.39, 0.29) is 11.2 Å². The summed E-state index contributed by atoms with van der Waals surface area (Å²) in [5, 5.41) is 10.7. The number of hydrogen-bond donors (Lipinski definition) is 2. The first-order chi connectivity index (χ1) is 9.54. The number of hydrogen-bond acceptors (Lipinski definition) is 6. The van der Waals surface area contributed by atoms with Crippen LogP contribution in [-0.2, 0) is 11.3 Å². The van der Waals surface area contributed by atoms with E-state index in [4.69, 9.17) is 5.73 Å². The SMILES string of the molecule is Cc1ccc(CNC(=O)[C@@H](C)Sc2nnc(N)s2)cc1. The molecule has 0 fully saturated rings. The molecular formula is C13H16N4OS2. The van der Waals surface area contributed by atoms with Crippen LogP contribution < -0.4 is 11.1 Å². The quantitative estimate of drug-likeness (QED) is 0.828. The van der Waals surface area contributed by atoms with Gasteiger partial charge in [0, 0.05) is 6.54 Å². The second-order valence-electron chi connectivity index (χ2n) is 4.37. The normalized spacial score (nSPS) is 12.1. The Bertz CT molecular complexity index is 582. The molecule has 3 N–H and O–H groups in total. The van der Waals surface area contributed by atoms with Crippen LogP contribution in [0.2, 0.25) is 0 Å². The van der Waals surface area contributed by atoms with Gasteiger partial charge in [-0.05, 0) is 19.4 Å². The van der Waals surface area contributed by atoms with Gasteiger partial charge in [-0.25, -0.2) is 0 Å². The highest BCUT2D eigenvalue weighted by Crippen LogP contribution is 2.27. The fourth-order valence-electron chi connectivity index (χ4n) is 1.51. The maximum Gasteiger partial charge on any atom is 0.233 e. The number of nitrogens with one attached hydrogen (secondary N) is 1. The van der Waals surface area contributed by atoms with Crippen molar-refractivity contribution in [3.63, 3.8) is 0 Å². The molecule has 7 heteroatoms. The molecule has 20 heavy (non-hydrogen) atoms. The van der Waals surface area contributed by atoms with Crippen molar-refractivity contribution < 1.29 is 4.79 Å². The number of aryl methyl sites for hydroxylation is 1. The van der Waals surface area contributed by atoms with E-state index in [0.29, 0.717) is 16.0 Å². The fraction of sp³-hybridized carbons (Fsp3) is 0.308. The van der Waals surface area contributed by atoms with Crippen molar-refractivity contribution in [3.05, 3.63) is 35.4 Å². The Hall–Kier alpha value is -1.60. The van der Waals surface area contributed by atoms with Gasteiger partial charge in [-0.3, -0.25) is 4.79 Å². The van der Waals surface area contributed by atoms with Gasteiger partial charge in [-0.2, -0.15) is 0 Å². The van der Waals surface area contributed by atoms with Crippen molar-refractivity contribution in [1.29, 1.82) is 0 Å². The molecule has 106 valence electrons. The number of nitrogen functional groups attached to an aromatic ring is 1. The highest BCUT2D eigenvalue weighted by molar-refractivity contribution is 8.02. The Labute approximate surface area is 126 Å². The molecule has 0 saturated carbocycles. The zero-order valence-electron chi connectivity index (χ0n) is 11.3. The number of thioether (sulfide) groups is 1. The van der Waals surface area contributed by atoms with Crippen molar-refractivity contribution in [2.45, 2.75) is 30.0 Å². The molecule has 1 aromatic carbocycles. The summed E-state index contributed by atoms with van der Waals surface area (Å²) in [7, 11) is 0. The van der Waals surface area contributed by atoms with Crippen LogP contribution in [-0.4, -0.2) is 21.4 Å². The van der Waals surface area contributed by atoms with Gasteiger partial charge in [0.25, 0.3) is 0 Å². The van der Waals surface area contributed by atoms with E-state index >= 15 is 0 Å². The molecule has 1 aromatic heterocycles. The van der Waals surface area contributed by atoms with E-state index < -0.39 is 0 Å². The Morgan fingerprint density at radius 3 is 2.70 bits per heavy atom. The molecule has 2 rings (SSSR count). The average Bonchev–Trinajstić information content (AvgIpc) is 2.83. The lowest BCUT2D eigenvalue weighted by Crippen LogP contribution is -2.30. The van der Waals surface area contributed by atoms with Gasteiger partial charge < -0.3 is 11.1 Å². The number of nitrogens with zero attached hydrogens (tertiary/aromatic N) is 2. The molecule has 0 saturated heterocycles. The van der Waals surface area contributed by atoms with Crippen LogP contribution in [0.4, 0.5) is 5.13 Å². The molecule has 0 unspecified atom stereocenters. The number of carbonyl (C=O) groups excluding carboxylic acids is 1. The Morgan fingerprint density at radius 1 is 1.40 bits per heavy atom. The summed E-state index contributed by atoms with van der Waals surface area (Å²) in [6, 6.07) is 8.09. The summed E-state index contributed by atoms with van der Waals surface area (Å²) < 4.78 is 0.709. The summed E-state index contributed by atoms with van der Waals surface area (Å²) >= 11 is 2.65. The standard InChI is InChI=1S/C13H16N4OS2/c1-8-3-5-10(6-4-8)7-15-11(18)9(2)19-13-17-16-12(14)20-13/h3-6,9H,7H2,1-2H3,(H2,14,16)(H,15,18)/t9-/m1/s1. The van der Waals surface area contributed by atoms with E-state index in [9.17, 15) is 4.79 Å². The second-order valence-corrected chi connectivity index (χ2v) is 6.97. The summed E-state index contributed by atoms with van der Waals surface area (Å²) in [4.78, 5) is 12.0. The zero-order chi connectivity index (χ0) is 14.5. The Balaban J connectivity index is 1.83. The zero-order valence-corrected chi connectivity index (χ0v) is 12.9. The first kappa shape index (κ1) is 14.8. The number of carbonyl (C=O) groups is 1. The fourth-order valence-corrected chi connectivity index (χ4v) is 3.32. The second kappa shape index (κ2) is 6.71. The summed E-state index contributed by atoms with van der Waals surface area (Å²) in [5.74, 6) is -0.0238. The van der Waals surface area contributed by atoms with Gasteiger partial charge in [0.15, 0.2) is 4.34 Å². The summed E-state index contributed by atoms with van der Waals surface area (Å²) in [5.41, 5.74) is 7.80. The summed E-state index contributed by atoms with van der Waals surface area (Å²) in [6.07, 6.45) is 0. The lowest BCUT2D eigenvalue weighted by Gasteiger charge is -2.10. The largest absolute Gasteiger partial charge is 0.374 e. The van der Waals surface area contributed by atoms with Crippen LogP contribution in [0.1, 0.15) is 18.1 Å². The smallest absolute Gasteiger partial charge is 0.233 e. The number of amides is 1. The number of anilines is 1. The van der Waals surface area contributed by atoms with Crippen LogP contribution in [0, 0.1) is 6.92 Å². The lowest BCUT2D eigenvalue weighted by molar-refractivity contribution is -0.120. The minimum atomic E-state index is -0.229. The van der Waals surface area contributed by atoms with Crippen molar-refractivity contribution in [1.82, 2.24) is 15.5 Å². The monoisotopic (exact) mass is 308 g/mol. The van der Waals surface area contributed by atoms with Crippen LogP contribution in [0.15, 0.2) is 28.6 Å². The predicted molar refractivity (Wildman–Crippen MR) is 82.7 cm³/mol. The Kier molecular flexibility index (Phi) is 4.97. The highest BCUT2D eigenvalue weighted by atomic mass is 32.2. The lowest BCUT2D eigenvalue weighted by atomic mass is 10.1. The molecule has 1 atom stereocenters. The molecule has 0 spiro atoms. The van der Waals surface area contributed by atoms with E-state index in [1.54, 1.807) is 0 Å². The molecule has 5 nitrogen and oxygen atoms in total. The maximum absolute atomic E-state index is 12.0. The molecule has 1 heterocycles. The predicted octanol–water partition coefficient (Wildman–Crippen LogP) is 2.23. The van der Waals surface area contributed by atoms with Crippen LogP contribution in [0.3, 0.4) is 0 Å². The van der Waals surface area contributed by atoms with Crippen molar-refractivity contribution in [2.24, 2.45) is 0 Å². The molecule has 0 aliphatic heterocycles. The first-order valence-electron chi connectivity index (χ1n) is 6.13. The number of rotatable bonds is 5. The van der Waals surface area contributed by atoms with Gasteiger partial charge >= 0.3 is 0 Å². The van der Waals surface area contributed by atoms with E-state index in [0.717, 1.165) is 5.56 Å². The van der Waals surface area contributed by atoms with Crippen molar-refractivity contribution in [2.75, 3.05) is 5.73 Å². The van der Waals surface area contributed by atoms with Gasteiger partial charge in [-0.1, -0.05) is 52.9 Å². The number of aromatic nitrogens is 2. The minimum Gasteiger partial charge on any atom is -0.374 e. The molecular weight excluding hydrogens is 292 g/mol. The van der Waals surface area contributed by atoms with Gasteiger partial charge in [0.2, 0.25) is 11.0 Å². The molecule has 0 aliphatic carbocycles. The van der Waals surface area contributed by atoms with E-state index in [1.807, 2.05) is 38.1 Å². The Morgan fingerprint density at radius 2 is 2.10 bits per heavy atom. The molecule has 0 radical (unpaired) electrons. The van der Waals surface area contributed by atoms with E-state index in [2.05, 4.69) is 15.5 Å². The molecule has 2 aromatic rings. The first-order valence-corrected chi connectivity index (χ1v) is 7.83. The topological polar surface area (TPSA) is 80.9 Å². The van der Waals surface area contributed by atoms with Crippen LogP contribution in [0.25, 0.3) is 0 Å². The van der Waals surface area contributed by atoms with Gasteiger partial charge in [-0.15, -0.1) is 10.2 Å². The number of benzene rings is 1. The number of nitrogens with two attached hydrogens (primary N) is 1. The molecule has 1 amide bonds. The third kappa shape index (κ3) is 4.21. The molecule has 0 bridgehead atoms. The van der Waals surface area contributed by atoms with Crippen molar-refractivity contribution in [3.8, 4) is 0 Å². The average molecular weight is 308 g/mol. The van der Waals surface area contributed by atoms with Crippen LogP contribution in [0.5, 0.6) is 0 Å². The minimum absolute atomic E-state index is 0.0238. The third-order valence-electron chi connectivity index (χ3n) is 2.66. The maximum atomic E-state index is 12.0. The van der Waals surface area contributed by atoms with Crippen LogP contribution >= 0.6 is 23.1 Å². The summed E-state index contributed by atoms with van der Waals surface area (Å²) in [6.45, 7) is 4.41.